The minimum atomic E-state index is -0.691. The number of amides is 2. The Hall–Kier alpha value is -2.37. The monoisotopic (exact) mass is 329 g/mol. The summed E-state index contributed by atoms with van der Waals surface area (Å²) in [6.45, 7) is 1.91. The number of nitrogens with one attached hydrogen (secondary N) is 3. The first-order valence-corrected chi connectivity index (χ1v) is 7.61. The van der Waals surface area contributed by atoms with E-state index < -0.39 is 6.04 Å². The molecule has 0 bridgehead atoms. The van der Waals surface area contributed by atoms with Gasteiger partial charge in [-0.25, -0.2) is 5.43 Å². The molecule has 5 nitrogen and oxygen atoms in total. The average molecular weight is 330 g/mol. The van der Waals surface area contributed by atoms with Crippen LogP contribution in [-0.4, -0.2) is 17.9 Å². The summed E-state index contributed by atoms with van der Waals surface area (Å²) >= 11 is 5.89. The molecule has 0 radical (unpaired) electrons. The van der Waals surface area contributed by atoms with Gasteiger partial charge in [0, 0.05) is 10.6 Å². The van der Waals surface area contributed by atoms with E-state index in [4.69, 9.17) is 11.6 Å². The molecule has 2 aromatic rings. The van der Waals surface area contributed by atoms with E-state index in [-0.39, 0.29) is 17.9 Å². The molecule has 0 aliphatic carbocycles. The summed E-state index contributed by atoms with van der Waals surface area (Å²) in [6.07, 6.45) is 0. The Bertz CT molecular complexity index is 746. The van der Waals surface area contributed by atoms with Gasteiger partial charge in [-0.1, -0.05) is 41.4 Å². The predicted molar refractivity (Wildman–Crippen MR) is 87.9 cm³/mol. The lowest BCUT2D eigenvalue weighted by atomic mass is 10.0. The zero-order valence-electron chi connectivity index (χ0n) is 12.5. The minimum Gasteiger partial charge on any atom is -0.338 e. The van der Waals surface area contributed by atoms with Crippen molar-refractivity contribution in [2.75, 3.05) is 0 Å². The van der Waals surface area contributed by atoms with E-state index >= 15 is 0 Å². The Morgan fingerprint density at radius 2 is 1.91 bits per heavy atom. The van der Waals surface area contributed by atoms with E-state index in [1.807, 2.05) is 31.2 Å². The van der Waals surface area contributed by atoms with Gasteiger partial charge in [-0.15, -0.1) is 0 Å². The third-order valence-electron chi connectivity index (χ3n) is 3.76. The lowest BCUT2D eigenvalue weighted by Gasteiger charge is -2.18. The van der Waals surface area contributed by atoms with Gasteiger partial charge in [0.05, 0.1) is 6.04 Å². The van der Waals surface area contributed by atoms with E-state index in [1.54, 1.807) is 24.3 Å². The third-order valence-corrected chi connectivity index (χ3v) is 4.01. The molecule has 0 unspecified atom stereocenters. The number of hydrazine groups is 1. The molecule has 1 aliphatic heterocycles. The van der Waals surface area contributed by atoms with Crippen LogP contribution in [0.1, 0.15) is 27.5 Å². The molecule has 2 aromatic carbocycles. The highest BCUT2D eigenvalue weighted by molar-refractivity contribution is 6.30. The molecule has 2 amide bonds. The molecule has 0 spiro atoms. The van der Waals surface area contributed by atoms with Crippen LogP contribution >= 0.6 is 11.6 Å². The highest BCUT2D eigenvalue weighted by Gasteiger charge is 2.36. The molecule has 6 heteroatoms. The zero-order valence-corrected chi connectivity index (χ0v) is 13.2. The molecule has 3 rings (SSSR count). The maximum absolute atomic E-state index is 12.4. The van der Waals surface area contributed by atoms with Gasteiger partial charge < -0.3 is 5.32 Å². The molecule has 23 heavy (non-hydrogen) atoms. The smallest absolute Gasteiger partial charge is 0.258 e. The van der Waals surface area contributed by atoms with Crippen LogP contribution in [0.4, 0.5) is 0 Å². The predicted octanol–water partition coefficient (Wildman–Crippen LogP) is 2.12. The van der Waals surface area contributed by atoms with Gasteiger partial charge in [0.25, 0.3) is 11.8 Å². The number of hydrogen-bond donors (Lipinski definition) is 3. The van der Waals surface area contributed by atoms with Crippen LogP contribution in [-0.2, 0) is 4.79 Å². The minimum absolute atomic E-state index is 0.272. The molecule has 118 valence electrons. The van der Waals surface area contributed by atoms with Crippen molar-refractivity contribution in [3.05, 3.63) is 70.2 Å². The van der Waals surface area contributed by atoms with Crippen LogP contribution in [0.2, 0.25) is 5.02 Å². The SMILES string of the molecule is Cc1cccc(C(=O)N[C@H]2C(=O)NN[C@@H]2c2ccc(Cl)cc2)c1. The molecule has 2 atom stereocenters. The second-order valence-corrected chi connectivity index (χ2v) is 5.92. The van der Waals surface area contributed by atoms with Crippen LogP contribution < -0.4 is 16.2 Å². The van der Waals surface area contributed by atoms with Crippen molar-refractivity contribution < 1.29 is 9.59 Å². The lowest BCUT2D eigenvalue weighted by Crippen LogP contribution is -2.42. The second kappa shape index (κ2) is 6.40. The first kappa shape index (κ1) is 15.5. The van der Waals surface area contributed by atoms with Crippen LogP contribution in [0.5, 0.6) is 0 Å². The van der Waals surface area contributed by atoms with E-state index in [0.717, 1.165) is 11.1 Å². The van der Waals surface area contributed by atoms with Crippen molar-refractivity contribution in [2.45, 2.75) is 19.0 Å². The van der Waals surface area contributed by atoms with Crippen molar-refractivity contribution in [1.82, 2.24) is 16.2 Å². The summed E-state index contributed by atoms with van der Waals surface area (Å²) in [7, 11) is 0. The molecule has 3 N–H and O–H groups in total. The molecule has 1 heterocycles. The van der Waals surface area contributed by atoms with Gasteiger partial charge in [-0.05, 0) is 36.8 Å². The van der Waals surface area contributed by atoms with Gasteiger partial charge in [-0.2, -0.15) is 0 Å². The Kier molecular flexibility index (Phi) is 4.32. The molecule has 1 fully saturated rings. The summed E-state index contributed by atoms with van der Waals surface area (Å²) in [5, 5.41) is 3.41. The van der Waals surface area contributed by atoms with Crippen molar-refractivity contribution >= 4 is 23.4 Å². The first-order chi connectivity index (χ1) is 11.0. The standard InChI is InChI=1S/C17H16ClN3O2/c1-10-3-2-4-12(9-10)16(22)19-15-14(20-21-17(15)23)11-5-7-13(18)8-6-11/h2-9,14-15,20H,1H3,(H,19,22)(H,21,23)/t14-,15-/m1/s1. The first-order valence-electron chi connectivity index (χ1n) is 7.23. The van der Waals surface area contributed by atoms with E-state index in [9.17, 15) is 9.59 Å². The number of carbonyl (C=O) groups is 2. The van der Waals surface area contributed by atoms with Crippen molar-refractivity contribution in [3.8, 4) is 0 Å². The summed E-state index contributed by atoms with van der Waals surface area (Å²) in [6, 6.07) is 13.3. The summed E-state index contributed by atoms with van der Waals surface area (Å²) in [4.78, 5) is 24.4. The van der Waals surface area contributed by atoms with Crippen molar-refractivity contribution in [3.63, 3.8) is 0 Å². The van der Waals surface area contributed by atoms with Gasteiger partial charge in [-0.3, -0.25) is 15.0 Å². The van der Waals surface area contributed by atoms with E-state index in [2.05, 4.69) is 16.2 Å². The quantitative estimate of drug-likeness (QED) is 0.808. The number of rotatable bonds is 3. The Balaban J connectivity index is 1.80. The average Bonchev–Trinajstić information content (AvgIpc) is 2.89. The number of carbonyl (C=O) groups excluding carboxylic acids is 2. The Morgan fingerprint density at radius 3 is 2.61 bits per heavy atom. The largest absolute Gasteiger partial charge is 0.338 e. The fourth-order valence-electron chi connectivity index (χ4n) is 2.57. The second-order valence-electron chi connectivity index (χ2n) is 5.48. The molecular weight excluding hydrogens is 314 g/mol. The molecule has 0 saturated carbocycles. The Labute approximate surface area is 139 Å². The van der Waals surface area contributed by atoms with Gasteiger partial charge in [0.2, 0.25) is 0 Å². The molecule has 1 aliphatic rings. The van der Waals surface area contributed by atoms with Crippen LogP contribution in [0, 0.1) is 6.92 Å². The van der Waals surface area contributed by atoms with Crippen LogP contribution in [0.15, 0.2) is 48.5 Å². The zero-order chi connectivity index (χ0) is 16.4. The number of aryl methyl sites for hydroxylation is 1. The highest BCUT2D eigenvalue weighted by atomic mass is 35.5. The number of benzene rings is 2. The summed E-state index contributed by atoms with van der Waals surface area (Å²) in [5.41, 5.74) is 7.84. The van der Waals surface area contributed by atoms with E-state index in [1.165, 1.54) is 0 Å². The number of halogens is 1. The van der Waals surface area contributed by atoms with Crippen LogP contribution in [0.25, 0.3) is 0 Å². The highest BCUT2D eigenvalue weighted by Crippen LogP contribution is 2.22. The topological polar surface area (TPSA) is 70.2 Å². The van der Waals surface area contributed by atoms with Gasteiger partial charge >= 0.3 is 0 Å². The Morgan fingerprint density at radius 1 is 1.17 bits per heavy atom. The third kappa shape index (κ3) is 3.36. The lowest BCUT2D eigenvalue weighted by molar-refractivity contribution is -0.121. The summed E-state index contributed by atoms with van der Waals surface area (Å²) in [5.74, 6) is -0.553. The number of hydrogen-bond acceptors (Lipinski definition) is 3. The fraction of sp³-hybridized carbons (Fsp3) is 0.176. The van der Waals surface area contributed by atoms with E-state index in [0.29, 0.717) is 10.6 Å². The summed E-state index contributed by atoms with van der Waals surface area (Å²) < 4.78 is 0. The van der Waals surface area contributed by atoms with Gasteiger partial charge in [0.1, 0.15) is 6.04 Å². The van der Waals surface area contributed by atoms with Crippen molar-refractivity contribution in [2.24, 2.45) is 0 Å². The maximum Gasteiger partial charge on any atom is 0.258 e. The van der Waals surface area contributed by atoms with Crippen molar-refractivity contribution in [1.29, 1.82) is 0 Å². The maximum atomic E-state index is 12.4. The normalized spacial score (nSPS) is 20.2. The molecule has 1 saturated heterocycles. The fourth-order valence-corrected chi connectivity index (χ4v) is 2.69. The molecular formula is C17H16ClN3O2. The van der Waals surface area contributed by atoms with Gasteiger partial charge in [0.15, 0.2) is 0 Å². The molecule has 0 aromatic heterocycles. The van der Waals surface area contributed by atoms with Crippen LogP contribution in [0.3, 0.4) is 0 Å².